The van der Waals surface area contributed by atoms with Gasteiger partial charge in [0, 0.05) is 17.1 Å². The average Bonchev–Trinajstić information content (AvgIpc) is 2.86. The monoisotopic (exact) mass is 446 g/mol. The van der Waals surface area contributed by atoms with Gasteiger partial charge in [0.15, 0.2) is 0 Å². The molecule has 4 aromatic carbocycles. The van der Waals surface area contributed by atoms with Gasteiger partial charge in [0.1, 0.15) is 6.42 Å². The summed E-state index contributed by atoms with van der Waals surface area (Å²) >= 11 is 0. The molecule has 4 nitrogen and oxygen atoms in total. The van der Waals surface area contributed by atoms with Gasteiger partial charge in [-0.15, -0.1) is 0 Å². The molecule has 0 aliphatic carbocycles. The Balaban J connectivity index is 0.000000481. The predicted molar refractivity (Wildman–Crippen MR) is 139 cm³/mol. The number of aliphatic carboxylic acids is 1. The second-order valence-electron chi connectivity index (χ2n) is 7.57. The van der Waals surface area contributed by atoms with Gasteiger partial charge in [-0.3, -0.25) is 4.79 Å². The molecule has 4 aromatic rings. The second kappa shape index (κ2) is 12.4. The first kappa shape index (κ1) is 24.0. The molecule has 1 N–H and O–H groups in total. The molecule has 4 heteroatoms. The first-order chi connectivity index (χ1) is 16.6. The summed E-state index contributed by atoms with van der Waals surface area (Å²) in [6, 6.07) is 39.7. The van der Waals surface area contributed by atoms with Crippen molar-refractivity contribution in [3.8, 4) is 6.07 Å². The van der Waals surface area contributed by atoms with Crippen LogP contribution in [0.15, 0.2) is 109 Å². The van der Waals surface area contributed by atoms with E-state index in [4.69, 9.17) is 10.4 Å². The van der Waals surface area contributed by atoms with Gasteiger partial charge in [-0.2, -0.15) is 5.26 Å². The normalized spacial score (nSPS) is 10.1. The van der Waals surface area contributed by atoms with Crippen molar-refractivity contribution in [1.29, 1.82) is 5.26 Å². The van der Waals surface area contributed by atoms with E-state index in [9.17, 15) is 4.79 Å². The lowest BCUT2D eigenvalue weighted by molar-refractivity contribution is -0.135. The summed E-state index contributed by atoms with van der Waals surface area (Å²) in [5.74, 6) is -1.07. The summed E-state index contributed by atoms with van der Waals surface area (Å²) in [7, 11) is 0. The van der Waals surface area contributed by atoms with Crippen LogP contribution in [0, 0.1) is 18.3 Å². The number of nitriles is 1. The molecule has 0 bridgehead atoms. The highest BCUT2D eigenvalue weighted by molar-refractivity contribution is 5.78. The number of aryl methyl sites for hydroxylation is 1. The molecule has 168 valence electrons. The first-order valence-corrected chi connectivity index (χ1v) is 10.9. The Labute approximate surface area is 200 Å². The minimum Gasteiger partial charge on any atom is -0.480 e. The van der Waals surface area contributed by atoms with E-state index in [-0.39, 0.29) is 0 Å². The quantitative estimate of drug-likeness (QED) is 0.309. The minimum absolute atomic E-state index is 0.403. The number of nitrogens with zero attached hydrogens (tertiary/aromatic N) is 2. The molecule has 0 heterocycles. The third kappa shape index (κ3) is 7.22. The Bertz CT molecular complexity index is 1200. The van der Waals surface area contributed by atoms with Crippen molar-refractivity contribution in [2.24, 2.45) is 0 Å². The van der Waals surface area contributed by atoms with E-state index in [1.807, 2.05) is 12.1 Å². The predicted octanol–water partition coefficient (Wildman–Crippen LogP) is 7.62. The van der Waals surface area contributed by atoms with Crippen molar-refractivity contribution < 1.29 is 9.90 Å². The highest BCUT2D eigenvalue weighted by Gasteiger charge is 2.11. The standard InChI is InChI=1S/C27H23N.C3H3NO2/c1-22-12-14-23(15-13-22)16-17-24-18-20-27(21-19-24)28(25-8-4-2-5-9-25)26-10-6-3-7-11-26;4-2-1-3(5)6/h2-21H,1H3;1H2,(H,5,6)/b17-16+;. The lowest BCUT2D eigenvalue weighted by Gasteiger charge is -2.25. The zero-order valence-electron chi connectivity index (χ0n) is 19.0. The number of anilines is 3. The molecule has 0 fully saturated rings. The topological polar surface area (TPSA) is 64.3 Å². The van der Waals surface area contributed by atoms with Crippen molar-refractivity contribution in [2.75, 3.05) is 4.90 Å². The molecular weight excluding hydrogens is 420 g/mol. The summed E-state index contributed by atoms with van der Waals surface area (Å²) in [4.78, 5) is 11.6. The number of hydrogen-bond donors (Lipinski definition) is 1. The first-order valence-electron chi connectivity index (χ1n) is 10.9. The fourth-order valence-corrected chi connectivity index (χ4v) is 3.27. The number of para-hydroxylation sites is 2. The molecule has 0 aromatic heterocycles. The summed E-state index contributed by atoms with van der Waals surface area (Å²) in [6.07, 6.45) is 3.91. The lowest BCUT2D eigenvalue weighted by Crippen LogP contribution is -2.09. The molecule has 0 saturated heterocycles. The van der Waals surface area contributed by atoms with Crippen LogP contribution in [0.2, 0.25) is 0 Å². The van der Waals surface area contributed by atoms with E-state index >= 15 is 0 Å². The number of hydrogen-bond acceptors (Lipinski definition) is 3. The third-order valence-electron chi connectivity index (χ3n) is 4.96. The summed E-state index contributed by atoms with van der Waals surface area (Å²) < 4.78 is 0. The molecule has 4 rings (SSSR count). The van der Waals surface area contributed by atoms with Crippen molar-refractivity contribution in [2.45, 2.75) is 13.3 Å². The number of carboxylic acid groups (broad SMARTS) is 1. The molecule has 0 unspecified atom stereocenters. The van der Waals surface area contributed by atoms with E-state index in [1.54, 1.807) is 0 Å². The molecule has 0 atom stereocenters. The van der Waals surface area contributed by atoms with Crippen molar-refractivity contribution in [1.82, 2.24) is 0 Å². The zero-order valence-corrected chi connectivity index (χ0v) is 19.0. The van der Waals surface area contributed by atoms with Gasteiger partial charge in [-0.05, 0) is 54.4 Å². The SMILES string of the molecule is Cc1ccc(/C=C/c2ccc(N(c3ccccc3)c3ccccc3)cc2)cc1.N#CCC(=O)O. The number of carboxylic acids is 1. The molecule has 0 spiro atoms. The summed E-state index contributed by atoms with van der Waals surface area (Å²) in [6.45, 7) is 2.11. The zero-order chi connectivity index (χ0) is 24.2. The van der Waals surface area contributed by atoms with E-state index in [1.165, 1.54) is 22.8 Å². The highest BCUT2D eigenvalue weighted by Crippen LogP contribution is 2.34. The largest absolute Gasteiger partial charge is 0.480 e. The van der Waals surface area contributed by atoms with Crippen LogP contribution in [0.1, 0.15) is 23.1 Å². The Hall–Kier alpha value is -4.62. The minimum atomic E-state index is -1.07. The molecular formula is C30H26N2O2. The Morgan fingerprint density at radius 3 is 1.53 bits per heavy atom. The third-order valence-corrected chi connectivity index (χ3v) is 4.96. The fraction of sp³-hybridized carbons (Fsp3) is 0.0667. The molecule has 0 aliphatic rings. The lowest BCUT2D eigenvalue weighted by atomic mass is 10.1. The van der Waals surface area contributed by atoms with Crippen molar-refractivity contribution >= 4 is 35.2 Å². The van der Waals surface area contributed by atoms with Crippen LogP contribution < -0.4 is 4.90 Å². The van der Waals surface area contributed by atoms with Crippen LogP contribution in [0.5, 0.6) is 0 Å². The van der Waals surface area contributed by atoms with Crippen LogP contribution in [0.4, 0.5) is 17.1 Å². The maximum absolute atomic E-state index is 9.38. The number of rotatable bonds is 6. The van der Waals surface area contributed by atoms with Crippen molar-refractivity contribution in [3.05, 3.63) is 126 Å². The molecule has 34 heavy (non-hydrogen) atoms. The van der Waals surface area contributed by atoms with Gasteiger partial charge >= 0.3 is 5.97 Å². The summed E-state index contributed by atoms with van der Waals surface area (Å²) in [5, 5.41) is 15.3. The van der Waals surface area contributed by atoms with Crippen LogP contribution >= 0.6 is 0 Å². The highest BCUT2D eigenvalue weighted by atomic mass is 16.4. The fourth-order valence-electron chi connectivity index (χ4n) is 3.27. The Morgan fingerprint density at radius 1 is 0.735 bits per heavy atom. The molecule has 0 saturated carbocycles. The number of carbonyl (C=O) groups is 1. The van der Waals surface area contributed by atoms with Crippen LogP contribution in [-0.4, -0.2) is 11.1 Å². The van der Waals surface area contributed by atoms with Gasteiger partial charge in [0.2, 0.25) is 0 Å². The van der Waals surface area contributed by atoms with E-state index in [0.717, 1.165) is 17.1 Å². The van der Waals surface area contributed by atoms with Crippen LogP contribution in [-0.2, 0) is 4.79 Å². The smallest absolute Gasteiger partial charge is 0.317 e. The second-order valence-corrected chi connectivity index (χ2v) is 7.57. The Kier molecular flexibility index (Phi) is 8.78. The maximum Gasteiger partial charge on any atom is 0.317 e. The molecule has 0 radical (unpaired) electrons. The molecule has 0 amide bonds. The van der Waals surface area contributed by atoms with E-state index in [2.05, 4.69) is 121 Å². The molecule has 0 aliphatic heterocycles. The van der Waals surface area contributed by atoms with Gasteiger partial charge in [-0.25, -0.2) is 0 Å². The van der Waals surface area contributed by atoms with E-state index in [0.29, 0.717) is 0 Å². The van der Waals surface area contributed by atoms with Gasteiger partial charge in [-0.1, -0.05) is 90.5 Å². The average molecular weight is 447 g/mol. The van der Waals surface area contributed by atoms with Gasteiger partial charge in [0.05, 0.1) is 6.07 Å². The van der Waals surface area contributed by atoms with Crippen LogP contribution in [0.25, 0.3) is 12.2 Å². The van der Waals surface area contributed by atoms with Crippen LogP contribution in [0.3, 0.4) is 0 Å². The van der Waals surface area contributed by atoms with Crippen molar-refractivity contribution in [3.63, 3.8) is 0 Å². The number of benzene rings is 4. The Morgan fingerprint density at radius 2 is 1.15 bits per heavy atom. The summed E-state index contributed by atoms with van der Waals surface area (Å²) in [5.41, 5.74) is 7.12. The van der Waals surface area contributed by atoms with Gasteiger partial charge in [0.25, 0.3) is 0 Å². The van der Waals surface area contributed by atoms with E-state index < -0.39 is 12.4 Å². The van der Waals surface area contributed by atoms with Gasteiger partial charge < -0.3 is 10.0 Å². The maximum atomic E-state index is 9.38.